The van der Waals surface area contributed by atoms with E-state index in [0.29, 0.717) is 5.15 Å². The molecule has 0 radical (unpaired) electrons. The first kappa shape index (κ1) is 13.0. The average molecular weight is 279 g/mol. The molecule has 0 amide bonds. The summed E-state index contributed by atoms with van der Waals surface area (Å²) in [7, 11) is -0.413. The lowest BCUT2D eigenvalue weighted by molar-refractivity contribution is 0.00578. The van der Waals surface area contributed by atoms with Gasteiger partial charge in [0.1, 0.15) is 10.8 Å². The van der Waals surface area contributed by atoms with Crippen molar-refractivity contribution in [2.45, 2.75) is 38.9 Å². The largest absolute Gasteiger partial charge is 0.495 e. The van der Waals surface area contributed by atoms with Gasteiger partial charge in [0, 0.05) is 12.4 Å². The third-order valence-corrected chi connectivity index (χ3v) is 4.30. The van der Waals surface area contributed by atoms with E-state index < -0.39 is 7.12 Å². The first-order valence-corrected chi connectivity index (χ1v) is 6.66. The smallest absolute Gasteiger partial charge is 0.399 e. The molecule has 1 fully saturated rings. The molecule has 0 aliphatic carbocycles. The number of halogens is 1. The van der Waals surface area contributed by atoms with Crippen molar-refractivity contribution in [3.63, 3.8) is 0 Å². The molecule has 2 aromatic rings. The molecule has 4 nitrogen and oxygen atoms in total. The highest BCUT2D eigenvalue weighted by Gasteiger charge is 2.51. The molecule has 6 heteroatoms. The van der Waals surface area contributed by atoms with E-state index in [2.05, 4.69) is 4.98 Å². The molecule has 3 rings (SSSR count). The Bertz CT molecular complexity index is 623. The van der Waals surface area contributed by atoms with Crippen molar-refractivity contribution in [3.05, 3.63) is 29.7 Å². The molecule has 0 atom stereocenters. The van der Waals surface area contributed by atoms with E-state index in [1.807, 2.05) is 50.4 Å². The Morgan fingerprint density at radius 3 is 2.42 bits per heavy atom. The van der Waals surface area contributed by atoms with E-state index in [9.17, 15) is 0 Å². The molecule has 19 heavy (non-hydrogen) atoms. The zero-order valence-electron chi connectivity index (χ0n) is 11.5. The fraction of sp³-hybridized carbons (Fsp3) is 0.462. The number of nitrogens with zero attached hydrogens (tertiary/aromatic N) is 2. The van der Waals surface area contributed by atoms with Crippen molar-refractivity contribution in [3.8, 4) is 0 Å². The summed E-state index contributed by atoms with van der Waals surface area (Å²) >= 11 is 6.24. The van der Waals surface area contributed by atoms with Crippen molar-refractivity contribution < 1.29 is 9.31 Å². The first-order chi connectivity index (χ1) is 8.80. The second kappa shape index (κ2) is 3.98. The summed E-state index contributed by atoms with van der Waals surface area (Å²) in [5, 5.41) is 0.597. The molecule has 1 aliphatic heterocycles. The van der Waals surface area contributed by atoms with Crippen LogP contribution in [0.4, 0.5) is 0 Å². The Hall–Kier alpha value is -1.04. The lowest BCUT2D eigenvalue weighted by Crippen LogP contribution is -2.41. The van der Waals surface area contributed by atoms with Crippen LogP contribution in [0.1, 0.15) is 27.7 Å². The van der Waals surface area contributed by atoms with Crippen molar-refractivity contribution in [1.29, 1.82) is 0 Å². The summed E-state index contributed by atoms with van der Waals surface area (Å²) in [4.78, 5) is 4.25. The van der Waals surface area contributed by atoms with Gasteiger partial charge in [0.05, 0.1) is 11.2 Å². The maximum Gasteiger partial charge on any atom is 0.495 e. The van der Waals surface area contributed by atoms with E-state index in [1.165, 1.54) is 0 Å². The molecular formula is C13H16BClN2O2. The SMILES string of the molecule is CC1(C)OB(c2cc(Cl)n3ccnc3c2)OC1(C)C. The maximum atomic E-state index is 6.24. The average Bonchev–Trinajstić information content (AvgIpc) is 2.82. The highest BCUT2D eigenvalue weighted by atomic mass is 35.5. The molecule has 100 valence electrons. The fourth-order valence-corrected chi connectivity index (χ4v) is 2.38. The van der Waals surface area contributed by atoms with Crippen molar-refractivity contribution in [2.24, 2.45) is 0 Å². The molecule has 0 saturated carbocycles. The third kappa shape index (κ3) is 1.97. The number of aromatic nitrogens is 2. The van der Waals surface area contributed by atoms with Crippen LogP contribution >= 0.6 is 11.6 Å². The standard InChI is InChI=1S/C13H16BClN2O2/c1-12(2)13(3,4)19-14(18-12)9-7-10(15)17-6-5-16-11(17)8-9/h5-8H,1-4H3. The predicted molar refractivity (Wildman–Crippen MR) is 75.9 cm³/mol. The Balaban J connectivity index is 2.02. The monoisotopic (exact) mass is 278 g/mol. The topological polar surface area (TPSA) is 35.8 Å². The lowest BCUT2D eigenvalue weighted by atomic mass is 9.80. The van der Waals surface area contributed by atoms with Crippen LogP contribution in [0, 0.1) is 0 Å². The highest BCUT2D eigenvalue weighted by molar-refractivity contribution is 6.62. The van der Waals surface area contributed by atoms with Gasteiger partial charge in [0.2, 0.25) is 0 Å². The maximum absolute atomic E-state index is 6.24. The number of fused-ring (bicyclic) bond motifs is 1. The molecule has 1 saturated heterocycles. The first-order valence-electron chi connectivity index (χ1n) is 6.28. The van der Waals surface area contributed by atoms with E-state index in [4.69, 9.17) is 20.9 Å². The van der Waals surface area contributed by atoms with E-state index in [0.717, 1.165) is 11.1 Å². The zero-order chi connectivity index (χ0) is 13.8. The summed E-state index contributed by atoms with van der Waals surface area (Å²) in [6.45, 7) is 8.12. The van der Waals surface area contributed by atoms with E-state index in [1.54, 1.807) is 6.20 Å². The van der Waals surface area contributed by atoms with E-state index in [-0.39, 0.29) is 11.2 Å². The Morgan fingerprint density at radius 1 is 1.16 bits per heavy atom. The van der Waals surface area contributed by atoms with Gasteiger partial charge in [-0.3, -0.25) is 4.40 Å². The summed E-state index contributed by atoms with van der Waals surface area (Å²) in [6, 6.07) is 3.80. The van der Waals surface area contributed by atoms with Crippen LogP contribution < -0.4 is 5.46 Å². The van der Waals surface area contributed by atoms with Crippen molar-refractivity contribution >= 4 is 29.8 Å². The minimum atomic E-state index is -0.413. The minimum absolute atomic E-state index is 0.355. The molecule has 0 unspecified atom stereocenters. The number of hydrogen-bond acceptors (Lipinski definition) is 3. The molecular weight excluding hydrogens is 262 g/mol. The quantitative estimate of drug-likeness (QED) is 0.593. The summed E-state index contributed by atoms with van der Waals surface area (Å²) in [6.07, 6.45) is 3.54. The van der Waals surface area contributed by atoms with Crippen LogP contribution in [0.2, 0.25) is 5.15 Å². The van der Waals surface area contributed by atoms with Gasteiger partial charge in [-0.05, 0) is 45.3 Å². The zero-order valence-corrected chi connectivity index (χ0v) is 12.2. The van der Waals surface area contributed by atoms with Gasteiger partial charge in [0.25, 0.3) is 0 Å². The van der Waals surface area contributed by atoms with Crippen LogP contribution in [0.3, 0.4) is 0 Å². The van der Waals surface area contributed by atoms with Crippen LogP contribution in [0.15, 0.2) is 24.5 Å². The fourth-order valence-electron chi connectivity index (χ4n) is 2.12. The van der Waals surface area contributed by atoms with Gasteiger partial charge in [-0.2, -0.15) is 0 Å². The van der Waals surface area contributed by atoms with Gasteiger partial charge in [-0.15, -0.1) is 0 Å². The lowest BCUT2D eigenvalue weighted by Gasteiger charge is -2.32. The van der Waals surface area contributed by atoms with Gasteiger partial charge < -0.3 is 9.31 Å². The van der Waals surface area contributed by atoms with Gasteiger partial charge in [0.15, 0.2) is 0 Å². The second-order valence-corrected chi connectivity index (χ2v) is 6.24. The van der Waals surface area contributed by atoms with Crippen LogP contribution in [0.5, 0.6) is 0 Å². The highest BCUT2D eigenvalue weighted by Crippen LogP contribution is 2.36. The van der Waals surface area contributed by atoms with Gasteiger partial charge in [-0.1, -0.05) is 11.6 Å². The number of rotatable bonds is 1. The van der Waals surface area contributed by atoms with Crippen LogP contribution in [0.25, 0.3) is 5.65 Å². The molecule has 0 aromatic carbocycles. The van der Waals surface area contributed by atoms with Crippen LogP contribution in [-0.4, -0.2) is 27.7 Å². The van der Waals surface area contributed by atoms with Crippen molar-refractivity contribution in [1.82, 2.24) is 9.38 Å². The minimum Gasteiger partial charge on any atom is -0.399 e. The number of imidazole rings is 1. The normalized spacial score (nSPS) is 21.2. The van der Waals surface area contributed by atoms with Crippen molar-refractivity contribution in [2.75, 3.05) is 0 Å². The summed E-state index contributed by atoms with van der Waals surface area (Å²) in [5.41, 5.74) is 0.969. The molecule has 3 heterocycles. The molecule has 1 aliphatic rings. The van der Waals surface area contributed by atoms with Crippen LogP contribution in [-0.2, 0) is 9.31 Å². The van der Waals surface area contributed by atoms with E-state index >= 15 is 0 Å². The summed E-state index contributed by atoms with van der Waals surface area (Å²) < 4.78 is 13.8. The molecule has 0 spiro atoms. The van der Waals surface area contributed by atoms with Gasteiger partial charge in [-0.25, -0.2) is 4.98 Å². The Labute approximate surface area is 117 Å². The molecule has 0 bridgehead atoms. The number of pyridine rings is 1. The Morgan fingerprint density at radius 2 is 1.79 bits per heavy atom. The second-order valence-electron chi connectivity index (χ2n) is 5.86. The number of hydrogen-bond donors (Lipinski definition) is 0. The van der Waals surface area contributed by atoms with Gasteiger partial charge >= 0.3 is 7.12 Å². The molecule has 0 N–H and O–H groups in total. The predicted octanol–water partition coefficient (Wildman–Crippen LogP) is 2.29. The Kier molecular flexibility index (Phi) is 2.72. The third-order valence-electron chi connectivity index (χ3n) is 4.01. The molecule has 2 aromatic heterocycles. The summed E-state index contributed by atoms with van der Waals surface area (Å²) in [5.74, 6) is 0.